The van der Waals surface area contributed by atoms with Crippen LogP contribution in [0.15, 0.2) is 48.5 Å². The number of nitrogens with one attached hydrogen (secondary N) is 1. The van der Waals surface area contributed by atoms with E-state index in [0.717, 1.165) is 16.7 Å². The molecule has 0 saturated carbocycles. The van der Waals surface area contributed by atoms with E-state index >= 15 is 0 Å². The topological polar surface area (TPSA) is 113 Å². The Hall–Kier alpha value is -3.33. The maximum Gasteiger partial charge on any atom is 0.335 e. The lowest BCUT2D eigenvalue weighted by Crippen LogP contribution is -2.33. The van der Waals surface area contributed by atoms with Gasteiger partial charge in [-0.25, -0.2) is 9.69 Å². The largest absolute Gasteiger partial charge is 0.495 e. The Labute approximate surface area is 164 Å². The van der Waals surface area contributed by atoms with E-state index in [9.17, 15) is 19.2 Å². The predicted octanol–water partition coefficient (Wildman–Crippen LogP) is 2.99. The van der Waals surface area contributed by atoms with Gasteiger partial charge in [0.2, 0.25) is 11.8 Å². The van der Waals surface area contributed by atoms with Crippen molar-refractivity contribution in [2.75, 3.05) is 17.3 Å². The normalized spacial score (nSPS) is 16.2. The van der Waals surface area contributed by atoms with Crippen LogP contribution in [0, 0.1) is 0 Å². The van der Waals surface area contributed by atoms with E-state index in [1.54, 1.807) is 30.3 Å². The highest BCUT2D eigenvalue weighted by molar-refractivity contribution is 8.15. The number of anilines is 2. The summed E-state index contributed by atoms with van der Waals surface area (Å²) >= 11 is 0.770. The number of hydrogen-bond donors (Lipinski definition) is 2. The molecule has 9 heteroatoms. The van der Waals surface area contributed by atoms with E-state index in [-0.39, 0.29) is 12.0 Å². The second kappa shape index (κ2) is 8.13. The summed E-state index contributed by atoms with van der Waals surface area (Å²) in [6, 6.07) is 12.4. The van der Waals surface area contributed by atoms with Gasteiger partial charge in [0, 0.05) is 12.1 Å². The molecular weight excluding hydrogens is 384 g/mol. The van der Waals surface area contributed by atoms with Crippen molar-refractivity contribution < 1.29 is 29.0 Å². The second-order valence-corrected chi connectivity index (χ2v) is 7.01. The van der Waals surface area contributed by atoms with E-state index in [4.69, 9.17) is 9.84 Å². The average molecular weight is 400 g/mol. The molecule has 1 atom stereocenters. The molecule has 8 nitrogen and oxygen atoms in total. The summed E-state index contributed by atoms with van der Waals surface area (Å²) in [5.74, 6) is -1.74. The van der Waals surface area contributed by atoms with Gasteiger partial charge in [-0.1, -0.05) is 18.2 Å². The van der Waals surface area contributed by atoms with E-state index in [0.29, 0.717) is 17.1 Å². The van der Waals surface area contributed by atoms with Gasteiger partial charge in [0.1, 0.15) is 11.0 Å². The van der Waals surface area contributed by atoms with Gasteiger partial charge in [0.25, 0.3) is 5.24 Å². The van der Waals surface area contributed by atoms with Crippen LogP contribution in [0.4, 0.5) is 16.2 Å². The van der Waals surface area contributed by atoms with Crippen molar-refractivity contribution in [1.82, 2.24) is 0 Å². The fraction of sp³-hybridized carbons (Fsp3) is 0.158. The zero-order valence-corrected chi connectivity index (χ0v) is 15.6. The maximum absolute atomic E-state index is 12.7. The molecule has 144 valence electrons. The number of thioether (sulfide) groups is 1. The Morgan fingerprint density at radius 1 is 1.18 bits per heavy atom. The number of amides is 3. The molecule has 1 unspecified atom stereocenters. The van der Waals surface area contributed by atoms with Crippen LogP contribution in [0.1, 0.15) is 16.8 Å². The zero-order chi connectivity index (χ0) is 20.3. The Bertz CT molecular complexity index is 961. The fourth-order valence-corrected chi connectivity index (χ4v) is 3.71. The number of carboxylic acid groups (broad SMARTS) is 1. The van der Waals surface area contributed by atoms with E-state index in [2.05, 4.69) is 5.32 Å². The Kier molecular flexibility index (Phi) is 5.65. The third kappa shape index (κ3) is 3.99. The standard InChI is InChI=1S/C19H16N2O6S/c1-27-14-8-3-2-7-13(14)21-17(23)15(28-19(21)26)10-16(22)20-12-6-4-5-11(9-12)18(24)25/h2-9,15H,10H2,1H3,(H,20,22)(H,24,25). The van der Waals surface area contributed by atoms with Gasteiger partial charge < -0.3 is 15.2 Å². The number of methoxy groups -OCH3 is 1. The first-order valence-electron chi connectivity index (χ1n) is 8.21. The molecule has 28 heavy (non-hydrogen) atoms. The third-order valence-corrected chi connectivity index (χ3v) is 5.05. The quantitative estimate of drug-likeness (QED) is 0.766. The molecule has 0 spiro atoms. The number of hydrogen-bond acceptors (Lipinski definition) is 6. The molecule has 3 amide bonds. The highest BCUT2D eigenvalue weighted by atomic mass is 32.2. The molecule has 1 heterocycles. The maximum atomic E-state index is 12.7. The molecule has 1 aliphatic heterocycles. The second-order valence-electron chi connectivity index (χ2n) is 5.86. The molecule has 1 aliphatic rings. The van der Waals surface area contributed by atoms with Crippen molar-refractivity contribution in [2.24, 2.45) is 0 Å². The van der Waals surface area contributed by atoms with Gasteiger partial charge in [-0.2, -0.15) is 0 Å². The summed E-state index contributed by atoms with van der Waals surface area (Å²) in [6.07, 6.45) is -0.224. The SMILES string of the molecule is COc1ccccc1N1C(=O)SC(CC(=O)Nc2cccc(C(=O)O)c2)C1=O. The number of imide groups is 1. The highest BCUT2D eigenvalue weighted by Gasteiger charge is 2.42. The lowest BCUT2D eigenvalue weighted by Gasteiger charge is -2.16. The Balaban J connectivity index is 1.71. The van der Waals surface area contributed by atoms with Crippen molar-refractivity contribution in [3.63, 3.8) is 0 Å². The predicted molar refractivity (Wildman–Crippen MR) is 104 cm³/mol. The van der Waals surface area contributed by atoms with Crippen LogP contribution >= 0.6 is 11.8 Å². The molecule has 3 rings (SSSR count). The molecule has 0 aliphatic carbocycles. The van der Waals surface area contributed by atoms with Crippen molar-refractivity contribution in [1.29, 1.82) is 0 Å². The number of carbonyl (C=O) groups excluding carboxylic acids is 3. The van der Waals surface area contributed by atoms with Crippen LogP contribution in [0.5, 0.6) is 5.75 Å². The van der Waals surface area contributed by atoms with Gasteiger partial charge >= 0.3 is 5.97 Å². The summed E-state index contributed by atoms with van der Waals surface area (Å²) in [5.41, 5.74) is 0.652. The first kappa shape index (κ1) is 19.4. The van der Waals surface area contributed by atoms with Crippen molar-refractivity contribution in [2.45, 2.75) is 11.7 Å². The first-order chi connectivity index (χ1) is 13.4. The van der Waals surface area contributed by atoms with Crippen molar-refractivity contribution >= 4 is 46.2 Å². The molecule has 1 fully saturated rings. The van der Waals surface area contributed by atoms with Gasteiger partial charge in [0.15, 0.2) is 0 Å². The lowest BCUT2D eigenvalue weighted by molar-refractivity contribution is -0.121. The minimum absolute atomic E-state index is 0.0293. The molecule has 1 saturated heterocycles. The van der Waals surface area contributed by atoms with Gasteiger partial charge in [-0.05, 0) is 42.1 Å². The highest BCUT2D eigenvalue weighted by Crippen LogP contribution is 2.37. The third-order valence-electron chi connectivity index (χ3n) is 4.01. The first-order valence-corrected chi connectivity index (χ1v) is 9.09. The summed E-state index contributed by atoms with van der Waals surface area (Å²) in [6.45, 7) is 0. The fourth-order valence-electron chi connectivity index (χ4n) is 2.73. The molecule has 2 aromatic rings. The number of benzene rings is 2. The summed E-state index contributed by atoms with van der Waals surface area (Å²) in [4.78, 5) is 49.3. The van der Waals surface area contributed by atoms with Crippen LogP contribution < -0.4 is 15.0 Å². The minimum atomic E-state index is -1.12. The Morgan fingerprint density at radius 2 is 1.93 bits per heavy atom. The monoisotopic (exact) mass is 400 g/mol. The summed E-state index contributed by atoms with van der Waals surface area (Å²) in [5, 5.41) is 10.2. The number of ether oxygens (including phenoxy) is 1. The molecule has 2 N–H and O–H groups in total. The van der Waals surface area contributed by atoms with Crippen LogP contribution in [0.3, 0.4) is 0 Å². The lowest BCUT2D eigenvalue weighted by atomic mass is 10.2. The van der Waals surface area contributed by atoms with E-state index in [1.807, 2.05) is 0 Å². The van der Waals surface area contributed by atoms with Crippen LogP contribution in [0.25, 0.3) is 0 Å². The summed E-state index contributed by atoms with van der Waals surface area (Å²) < 4.78 is 5.20. The van der Waals surface area contributed by atoms with E-state index in [1.165, 1.54) is 25.3 Å². The van der Waals surface area contributed by atoms with Crippen LogP contribution in [0.2, 0.25) is 0 Å². The molecule has 0 aromatic heterocycles. The van der Waals surface area contributed by atoms with Gasteiger partial charge in [0.05, 0.1) is 18.4 Å². The summed E-state index contributed by atoms with van der Waals surface area (Å²) in [7, 11) is 1.44. The minimum Gasteiger partial charge on any atom is -0.495 e. The number of aromatic carboxylic acids is 1. The van der Waals surface area contributed by atoms with Crippen LogP contribution in [-0.4, -0.2) is 40.5 Å². The smallest absolute Gasteiger partial charge is 0.335 e. The van der Waals surface area contributed by atoms with Gasteiger partial charge in [-0.15, -0.1) is 0 Å². The molecular formula is C19H16N2O6S. The Morgan fingerprint density at radius 3 is 2.64 bits per heavy atom. The zero-order valence-electron chi connectivity index (χ0n) is 14.7. The number of carbonyl (C=O) groups is 4. The molecule has 0 bridgehead atoms. The van der Waals surface area contributed by atoms with Gasteiger partial charge in [-0.3, -0.25) is 14.4 Å². The van der Waals surface area contributed by atoms with Crippen molar-refractivity contribution in [3.05, 3.63) is 54.1 Å². The molecule has 2 aromatic carbocycles. The number of carboxylic acids is 1. The number of nitrogens with zero attached hydrogens (tertiary/aromatic N) is 1. The average Bonchev–Trinajstić information content (AvgIpc) is 2.94. The van der Waals surface area contributed by atoms with Crippen molar-refractivity contribution in [3.8, 4) is 5.75 Å². The van der Waals surface area contributed by atoms with Crippen LogP contribution in [-0.2, 0) is 9.59 Å². The number of rotatable bonds is 6. The van der Waals surface area contributed by atoms with E-state index < -0.39 is 28.3 Å². The molecule has 0 radical (unpaired) electrons. The number of para-hydroxylation sites is 2.